The highest BCUT2D eigenvalue weighted by Crippen LogP contribution is 2.28. The molecule has 2 aromatic rings. The number of hydrogen-bond acceptors (Lipinski definition) is 6. The van der Waals surface area contributed by atoms with Crippen LogP contribution in [0.4, 0.5) is 23.0 Å². The molecule has 13 heteroatoms. The molecule has 0 unspecified atom stereocenters. The summed E-state index contributed by atoms with van der Waals surface area (Å²) in [5.41, 5.74) is -0.272. The third kappa shape index (κ3) is 5.66. The molecule has 0 spiro atoms. The Hall–Kier alpha value is -3.17. The largest absolute Gasteiger partial charge is 0.673 e. The molecule has 0 aromatic carbocycles. The van der Waals surface area contributed by atoms with Gasteiger partial charge in [-0.2, -0.15) is 4.98 Å². The Kier molecular flexibility index (Phi) is 7.27. The summed E-state index contributed by atoms with van der Waals surface area (Å²) in [5, 5.41) is 9.15. The van der Waals surface area contributed by atoms with Crippen molar-refractivity contribution in [1.29, 1.82) is 5.39 Å². The zero-order valence-electron chi connectivity index (χ0n) is 14.6. The molecule has 0 bridgehead atoms. The second kappa shape index (κ2) is 8.97. The van der Waals surface area contributed by atoms with Crippen LogP contribution in [0.2, 0.25) is 0 Å². The van der Waals surface area contributed by atoms with Gasteiger partial charge in [0.25, 0.3) is 0 Å². The number of rotatable bonds is 4. The fourth-order valence-electron chi connectivity index (χ4n) is 2.10. The van der Waals surface area contributed by atoms with Gasteiger partial charge in [-0.1, -0.05) is 0 Å². The number of fused-ring (bicyclic) bond motifs is 1. The zero-order valence-corrected chi connectivity index (χ0v) is 14.6. The van der Waals surface area contributed by atoms with Crippen molar-refractivity contribution in [3.05, 3.63) is 33.0 Å². The van der Waals surface area contributed by atoms with Crippen molar-refractivity contribution in [2.24, 2.45) is 0 Å². The number of aryl methyl sites for hydroxylation is 1. The Morgan fingerprint density at radius 3 is 2.37 bits per heavy atom. The molecule has 0 N–H and O–H groups in total. The maximum atomic E-state index is 12.5. The number of halogens is 4. The van der Waals surface area contributed by atoms with Crippen molar-refractivity contribution in [2.75, 3.05) is 13.7 Å². The van der Waals surface area contributed by atoms with Gasteiger partial charge in [-0.05, 0) is 13.8 Å². The van der Waals surface area contributed by atoms with Crippen molar-refractivity contribution in [1.82, 2.24) is 9.55 Å². The SMILES string of the molecule is CCOC(=O)c1cn(CC)c2nc(OC)c([N+]#N)cc2c1=O.F[B-](F)(F)F. The first-order chi connectivity index (χ1) is 12.6. The summed E-state index contributed by atoms with van der Waals surface area (Å²) in [6.07, 6.45) is 1.41. The maximum Gasteiger partial charge on any atom is 0.673 e. The van der Waals surface area contributed by atoms with Gasteiger partial charge in [0.2, 0.25) is 10.8 Å². The fraction of sp³-hybridized carbons (Fsp3) is 0.357. The number of ether oxygens (including phenoxy) is 2. The summed E-state index contributed by atoms with van der Waals surface area (Å²) >= 11 is 0. The van der Waals surface area contributed by atoms with E-state index in [0.717, 1.165) is 0 Å². The average molecular weight is 390 g/mol. The lowest BCUT2D eigenvalue weighted by molar-refractivity contribution is 0.0524. The van der Waals surface area contributed by atoms with E-state index in [9.17, 15) is 26.9 Å². The van der Waals surface area contributed by atoms with Crippen LogP contribution < -0.4 is 10.2 Å². The van der Waals surface area contributed by atoms with Gasteiger partial charge in [-0.3, -0.25) is 4.79 Å². The molecule has 0 fully saturated rings. The number of carbonyl (C=O) groups excluding carboxylic acids is 1. The number of hydrogen-bond donors (Lipinski definition) is 0. The Morgan fingerprint density at radius 1 is 1.33 bits per heavy atom. The van der Waals surface area contributed by atoms with Gasteiger partial charge in [0, 0.05) is 12.7 Å². The van der Waals surface area contributed by atoms with Gasteiger partial charge >= 0.3 is 24.8 Å². The zero-order chi connectivity index (χ0) is 20.8. The average Bonchev–Trinajstić information content (AvgIpc) is 2.59. The number of methoxy groups -OCH3 is 1. The van der Waals surface area contributed by atoms with Crippen molar-refractivity contribution in [3.8, 4) is 5.88 Å². The van der Waals surface area contributed by atoms with E-state index >= 15 is 0 Å². The first kappa shape index (κ1) is 21.9. The Labute approximate surface area is 150 Å². The van der Waals surface area contributed by atoms with E-state index in [4.69, 9.17) is 14.9 Å². The van der Waals surface area contributed by atoms with Crippen molar-refractivity contribution >= 4 is 29.9 Å². The van der Waals surface area contributed by atoms with Crippen LogP contribution in [0.5, 0.6) is 5.88 Å². The molecule has 0 aliphatic heterocycles. The number of esters is 1. The monoisotopic (exact) mass is 390 g/mol. The first-order valence-corrected chi connectivity index (χ1v) is 7.59. The van der Waals surface area contributed by atoms with Crippen molar-refractivity contribution < 1.29 is 31.5 Å². The minimum absolute atomic E-state index is 0.00996. The number of nitrogens with zero attached hydrogens (tertiary/aromatic N) is 4. The molecule has 0 saturated carbocycles. The molecule has 0 amide bonds. The lowest BCUT2D eigenvalue weighted by Crippen LogP contribution is -2.21. The standard InChI is InChI=1S/C14H15N4O4.BF4/c1-4-18-7-9(14(20)22-5-2)11(19)8-6-10(17-15)13(21-3)16-12(8)18;2-1(3,4)5/h6-7H,4-5H2,1-3H3;/q+1;-1. The molecule has 2 aromatic heterocycles. The van der Waals surface area contributed by atoms with Gasteiger partial charge in [-0.25, -0.2) is 4.79 Å². The topological polar surface area (TPSA) is 98.6 Å². The summed E-state index contributed by atoms with van der Waals surface area (Å²) in [6, 6.07) is 1.33. The van der Waals surface area contributed by atoms with Crippen LogP contribution in [0.15, 0.2) is 17.1 Å². The molecule has 0 radical (unpaired) electrons. The van der Waals surface area contributed by atoms with E-state index in [2.05, 4.69) is 9.96 Å². The third-order valence-electron chi connectivity index (χ3n) is 3.13. The minimum Gasteiger partial charge on any atom is -0.475 e. The molecule has 2 rings (SSSR count). The van der Waals surface area contributed by atoms with Crippen LogP contribution in [0.25, 0.3) is 16.0 Å². The molecule has 146 valence electrons. The number of carbonyl (C=O) groups is 1. The number of pyridine rings is 2. The van der Waals surface area contributed by atoms with E-state index in [1.807, 2.05) is 6.92 Å². The Morgan fingerprint density at radius 2 is 1.93 bits per heavy atom. The van der Waals surface area contributed by atoms with Crippen molar-refractivity contribution in [3.63, 3.8) is 0 Å². The van der Waals surface area contributed by atoms with Crippen LogP contribution in [0.3, 0.4) is 0 Å². The summed E-state index contributed by atoms with van der Waals surface area (Å²) < 4.78 is 50.5. The Bertz CT molecular complexity index is 934. The number of aromatic nitrogens is 2. The van der Waals surface area contributed by atoms with Crippen molar-refractivity contribution in [2.45, 2.75) is 20.4 Å². The minimum atomic E-state index is -6.00. The van der Waals surface area contributed by atoms with Crippen LogP contribution >= 0.6 is 0 Å². The molecule has 2 heterocycles. The van der Waals surface area contributed by atoms with E-state index in [1.165, 1.54) is 19.4 Å². The normalized spacial score (nSPS) is 10.6. The quantitative estimate of drug-likeness (QED) is 0.344. The van der Waals surface area contributed by atoms with E-state index in [0.29, 0.717) is 12.2 Å². The summed E-state index contributed by atoms with van der Waals surface area (Å²) in [4.78, 5) is 31.6. The molecule has 0 aliphatic carbocycles. The molecular formula is C14H15BF4N4O4. The molecular weight excluding hydrogens is 375 g/mol. The lowest BCUT2D eigenvalue weighted by atomic mass is 10.2. The number of diazo groups is 1. The smallest absolute Gasteiger partial charge is 0.475 e. The molecule has 8 nitrogen and oxygen atoms in total. The summed E-state index contributed by atoms with van der Waals surface area (Å²) in [6.45, 7) is 4.15. The van der Waals surface area contributed by atoms with Crippen LogP contribution in [-0.4, -0.2) is 36.5 Å². The highest BCUT2D eigenvalue weighted by Gasteiger charge is 2.24. The predicted octanol–water partition coefficient (Wildman–Crippen LogP) is 3.39. The van der Waals surface area contributed by atoms with Gasteiger partial charge in [0.15, 0.2) is 4.98 Å². The van der Waals surface area contributed by atoms with Crippen LogP contribution in [0.1, 0.15) is 24.2 Å². The molecule has 0 atom stereocenters. The molecule has 0 aliphatic rings. The van der Waals surface area contributed by atoms with E-state index in [1.54, 1.807) is 11.5 Å². The van der Waals surface area contributed by atoms with E-state index < -0.39 is 18.7 Å². The first-order valence-electron chi connectivity index (χ1n) is 7.59. The van der Waals surface area contributed by atoms with Crippen LogP contribution in [-0.2, 0) is 11.3 Å². The van der Waals surface area contributed by atoms with Gasteiger partial charge < -0.3 is 31.3 Å². The fourth-order valence-corrected chi connectivity index (χ4v) is 2.10. The lowest BCUT2D eigenvalue weighted by Gasteiger charge is -2.10. The summed E-state index contributed by atoms with van der Waals surface area (Å²) in [7, 11) is -4.62. The summed E-state index contributed by atoms with van der Waals surface area (Å²) in [5.74, 6) is -0.615. The highest BCUT2D eigenvalue weighted by atomic mass is 19.5. The van der Waals surface area contributed by atoms with E-state index in [-0.39, 0.29) is 29.1 Å². The van der Waals surface area contributed by atoms with Gasteiger partial charge in [0.05, 0.1) is 25.2 Å². The molecule has 27 heavy (non-hydrogen) atoms. The Balaban J connectivity index is 0.000000646. The van der Waals surface area contributed by atoms with Gasteiger partial charge in [0.1, 0.15) is 11.2 Å². The second-order valence-electron chi connectivity index (χ2n) is 4.86. The maximum absolute atomic E-state index is 12.5. The van der Waals surface area contributed by atoms with Gasteiger partial charge in [-0.15, -0.1) is 0 Å². The third-order valence-corrected chi connectivity index (χ3v) is 3.13. The van der Waals surface area contributed by atoms with Crippen LogP contribution in [0, 0.1) is 5.39 Å². The highest BCUT2D eigenvalue weighted by molar-refractivity contribution is 6.50. The second-order valence-corrected chi connectivity index (χ2v) is 4.86. The predicted molar refractivity (Wildman–Crippen MR) is 89.1 cm³/mol. The molecule has 0 saturated heterocycles.